The molecule has 1 aromatic heterocycles. The fraction of sp³-hybridized carbons (Fsp3) is 0.464. The lowest BCUT2D eigenvalue weighted by molar-refractivity contribution is -0.144. The molecule has 2 bridgehead atoms. The van der Waals surface area contributed by atoms with E-state index < -0.39 is 54.0 Å². The lowest BCUT2D eigenvalue weighted by Crippen LogP contribution is -2.49. The van der Waals surface area contributed by atoms with Crippen molar-refractivity contribution in [3.63, 3.8) is 0 Å². The van der Waals surface area contributed by atoms with Gasteiger partial charge in [0.05, 0.1) is 28.1 Å². The van der Waals surface area contributed by atoms with E-state index in [9.17, 15) is 14.4 Å². The van der Waals surface area contributed by atoms with Crippen LogP contribution in [-0.4, -0.2) is 73.1 Å². The van der Waals surface area contributed by atoms with E-state index in [1.807, 2.05) is 68.4 Å². The summed E-state index contributed by atoms with van der Waals surface area (Å²) >= 11 is 1.44. The van der Waals surface area contributed by atoms with Gasteiger partial charge in [0.25, 0.3) is 0 Å². The number of hydrogen-bond donors (Lipinski definition) is 1. The number of amides is 1. The molecule has 8 unspecified atom stereocenters. The predicted molar refractivity (Wildman–Crippen MR) is 140 cm³/mol. The summed E-state index contributed by atoms with van der Waals surface area (Å²) in [5.41, 5.74) is 0.767. The number of thiophene rings is 1. The molecule has 2 aromatic rings. The third kappa shape index (κ3) is 4.30. The highest BCUT2D eigenvalue weighted by molar-refractivity contribution is 7.19. The van der Waals surface area contributed by atoms with Crippen LogP contribution in [0.3, 0.4) is 0 Å². The molecule has 9 nitrogen and oxygen atoms in total. The van der Waals surface area contributed by atoms with Gasteiger partial charge in [0.15, 0.2) is 6.10 Å². The van der Waals surface area contributed by atoms with Crippen molar-refractivity contribution in [2.24, 2.45) is 11.8 Å². The molecule has 2 saturated heterocycles. The van der Waals surface area contributed by atoms with Crippen molar-refractivity contribution in [2.45, 2.75) is 56.3 Å². The molecule has 4 aliphatic rings. The molecular weight excluding hydrogens is 508 g/mol. The molecule has 8 atom stereocenters. The van der Waals surface area contributed by atoms with Gasteiger partial charge < -0.3 is 18.9 Å². The SMILES string of the molecule is CC1C(=O)OC2CC3(C)OC3C(OC(=O)Nc3ccc(-c4ccccc4)s3)C(N(C)C)C3=CC(OC3=O)C21. The van der Waals surface area contributed by atoms with Crippen molar-refractivity contribution in [1.29, 1.82) is 0 Å². The minimum absolute atomic E-state index is 0.299. The van der Waals surface area contributed by atoms with Gasteiger partial charge >= 0.3 is 18.0 Å². The highest BCUT2D eigenvalue weighted by Crippen LogP contribution is 2.51. The minimum atomic E-state index is -0.799. The molecule has 0 saturated carbocycles. The largest absolute Gasteiger partial charge is 0.462 e. The molecule has 1 N–H and O–H groups in total. The van der Waals surface area contributed by atoms with Crippen LogP contribution in [-0.2, 0) is 28.5 Å². The van der Waals surface area contributed by atoms with Crippen molar-refractivity contribution in [3.05, 3.63) is 54.1 Å². The zero-order valence-corrected chi connectivity index (χ0v) is 22.4. The van der Waals surface area contributed by atoms with Crippen molar-refractivity contribution in [1.82, 2.24) is 4.90 Å². The molecule has 1 aliphatic carbocycles. The molecule has 1 aromatic carbocycles. The summed E-state index contributed by atoms with van der Waals surface area (Å²) in [5.74, 6) is -1.49. The fourth-order valence-corrected chi connectivity index (χ4v) is 6.96. The third-order valence-corrected chi connectivity index (χ3v) is 9.06. The van der Waals surface area contributed by atoms with E-state index in [0.717, 1.165) is 10.4 Å². The molecule has 0 radical (unpaired) electrons. The number of epoxide rings is 1. The molecule has 38 heavy (non-hydrogen) atoms. The molecule has 0 spiro atoms. The second-order valence-electron chi connectivity index (χ2n) is 10.8. The normalized spacial score (nSPS) is 35.5. The number of fused-ring (bicyclic) bond motifs is 4. The van der Waals surface area contributed by atoms with Crippen molar-refractivity contribution >= 4 is 34.4 Å². The maximum absolute atomic E-state index is 13.2. The standard InChI is InChI=1S/C28H30N2O7S/c1-14-21-17-12-16(26(32)34-17)22(30(3)4)23(24-28(2,37-24)13-18(21)35-25(14)31)36-27(33)29-20-11-10-19(38-20)15-8-6-5-7-9-15/h5-12,14,17-18,21-24H,13H2,1-4H3,(H,29,33). The summed E-state index contributed by atoms with van der Waals surface area (Å²) in [5, 5.41) is 3.48. The first-order valence-corrected chi connectivity index (χ1v) is 13.6. The Balaban J connectivity index is 1.28. The van der Waals surface area contributed by atoms with Gasteiger partial charge in [-0.25, -0.2) is 9.59 Å². The average Bonchev–Trinajstić information content (AvgIpc) is 3.15. The molecule has 3 aliphatic heterocycles. The van der Waals surface area contributed by atoms with Gasteiger partial charge in [0, 0.05) is 17.2 Å². The molecule has 6 rings (SSSR count). The lowest BCUT2D eigenvalue weighted by Gasteiger charge is -2.32. The number of ether oxygens (including phenoxy) is 4. The van der Waals surface area contributed by atoms with Crippen LogP contribution in [0.1, 0.15) is 20.3 Å². The topological polar surface area (TPSA) is 107 Å². The first-order chi connectivity index (χ1) is 18.1. The van der Waals surface area contributed by atoms with Crippen LogP contribution in [0.25, 0.3) is 10.4 Å². The minimum Gasteiger partial charge on any atom is -0.462 e. The van der Waals surface area contributed by atoms with E-state index in [4.69, 9.17) is 18.9 Å². The van der Waals surface area contributed by atoms with Gasteiger partial charge in [-0.05, 0) is 44.8 Å². The van der Waals surface area contributed by atoms with Gasteiger partial charge in [-0.1, -0.05) is 37.3 Å². The zero-order valence-electron chi connectivity index (χ0n) is 21.6. The van der Waals surface area contributed by atoms with Crippen LogP contribution >= 0.6 is 11.3 Å². The molecule has 10 heteroatoms. The summed E-state index contributed by atoms with van der Waals surface area (Å²) in [4.78, 5) is 41.6. The Morgan fingerprint density at radius 2 is 1.89 bits per heavy atom. The number of benzene rings is 1. The Morgan fingerprint density at radius 3 is 2.63 bits per heavy atom. The second-order valence-corrected chi connectivity index (χ2v) is 11.9. The van der Waals surface area contributed by atoms with E-state index in [1.165, 1.54) is 11.3 Å². The maximum atomic E-state index is 13.2. The Bertz CT molecular complexity index is 1310. The number of esters is 2. The number of rotatable bonds is 4. The number of carbonyl (C=O) groups is 3. The molecular formula is C28H30N2O7S. The van der Waals surface area contributed by atoms with E-state index in [2.05, 4.69) is 5.32 Å². The van der Waals surface area contributed by atoms with Gasteiger partial charge in [-0.15, -0.1) is 11.3 Å². The van der Waals surface area contributed by atoms with Crippen LogP contribution in [0.4, 0.5) is 9.80 Å². The Hall–Kier alpha value is -3.21. The van der Waals surface area contributed by atoms with Crippen molar-refractivity contribution in [3.8, 4) is 10.4 Å². The summed E-state index contributed by atoms with van der Waals surface area (Å²) in [6.07, 6.45) is -0.801. The van der Waals surface area contributed by atoms with Crippen LogP contribution in [0.2, 0.25) is 0 Å². The highest BCUT2D eigenvalue weighted by atomic mass is 32.1. The summed E-state index contributed by atoms with van der Waals surface area (Å²) in [7, 11) is 3.65. The number of nitrogens with one attached hydrogen (secondary N) is 1. The van der Waals surface area contributed by atoms with E-state index in [-0.39, 0.29) is 11.9 Å². The Morgan fingerprint density at radius 1 is 1.13 bits per heavy atom. The molecule has 4 heterocycles. The zero-order chi connectivity index (χ0) is 26.8. The maximum Gasteiger partial charge on any atom is 0.412 e. The first-order valence-electron chi connectivity index (χ1n) is 12.7. The quantitative estimate of drug-likeness (QED) is 0.356. The smallest absolute Gasteiger partial charge is 0.412 e. The highest BCUT2D eigenvalue weighted by Gasteiger charge is 2.65. The lowest BCUT2D eigenvalue weighted by atomic mass is 9.79. The van der Waals surface area contributed by atoms with Crippen LogP contribution in [0.15, 0.2) is 54.1 Å². The van der Waals surface area contributed by atoms with E-state index >= 15 is 0 Å². The predicted octanol–water partition coefficient (Wildman–Crippen LogP) is 3.85. The van der Waals surface area contributed by atoms with Crippen LogP contribution in [0, 0.1) is 11.8 Å². The van der Waals surface area contributed by atoms with Crippen molar-refractivity contribution in [2.75, 3.05) is 19.4 Å². The molecule has 2 fully saturated rings. The Labute approximate surface area is 224 Å². The van der Waals surface area contributed by atoms with Gasteiger partial charge in [0.2, 0.25) is 0 Å². The van der Waals surface area contributed by atoms with Crippen LogP contribution in [0.5, 0.6) is 0 Å². The Kier molecular flexibility index (Phi) is 6.08. The summed E-state index contributed by atoms with van der Waals surface area (Å²) in [6.45, 7) is 3.73. The number of nitrogens with zero attached hydrogens (tertiary/aromatic N) is 1. The number of carbonyl (C=O) groups excluding carboxylic acids is 3. The number of hydrogen-bond acceptors (Lipinski definition) is 9. The monoisotopic (exact) mass is 538 g/mol. The fourth-order valence-electron chi connectivity index (χ4n) is 6.06. The number of likely N-dealkylation sites (N-methyl/N-ethyl adjacent to an activating group) is 1. The summed E-state index contributed by atoms with van der Waals surface area (Å²) < 4.78 is 23.6. The molecule has 200 valence electrons. The van der Waals surface area contributed by atoms with Gasteiger partial charge in [-0.3, -0.25) is 15.0 Å². The second kappa shape index (κ2) is 9.21. The third-order valence-electron chi connectivity index (χ3n) is 8.01. The average molecular weight is 539 g/mol. The van der Waals surface area contributed by atoms with Crippen molar-refractivity contribution < 1.29 is 33.3 Å². The van der Waals surface area contributed by atoms with Gasteiger partial charge in [0.1, 0.15) is 18.3 Å². The number of anilines is 1. The van der Waals surface area contributed by atoms with E-state index in [0.29, 0.717) is 17.0 Å². The summed E-state index contributed by atoms with van der Waals surface area (Å²) in [6, 6.07) is 13.1. The molecule has 1 amide bonds. The first kappa shape index (κ1) is 25.1. The van der Waals surface area contributed by atoms with E-state index in [1.54, 1.807) is 13.0 Å². The van der Waals surface area contributed by atoms with Gasteiger partial charge in [-0.2, -0.15) is 0 Å². The van der Waals surface area contributed by atoms with Crippen LogP contribution < -0.4 is 5.32 Å².